The van der Waals surface area contributed by atoms with Crippen LogP contribution in [-0.2, 0) is 5.54 Å². The highest BCUT2D eigenvalue weighted by atomic mass is 35.5. The average Bonchev–Trinajstić information content (AvgIpc) is 2.64. The number of thioether (sulfide) groups is 1. The summed E-state index contributed by atoms with van der Waals surface area (Å²) in [6.45, 7) is 5.33. The molecular weight excluding hydrogens is 406 g/mol. The van der Waals surface area contributed by atoms with E-state index in [0.29, 0.717) is 5.02 Å². The third kappa shape index (κ3) is 4.80. The maximum absolute atomic E-state index is 14.7. The highest BCUT2D eigenvalue weighted by molar-refractivity contribution is 8.13. The van der Waals surface area contributed by atoms with Crippen LogP contribution in [0.15, 0.2) is 35.5 Å². The van der Waals surface area contributed by atoms with Gasteiger partial charge in [0.25, 0.3) is 5.91 Å². The minimum Gasteiger partial charge on any atom is -0.379 e. The summed E-state index contributed by atoms with van der Waals surface area (Å²) in [7, 11) is 0. The van der Waals surface area contributed by atoms with E-state index in [4.69, 9.17) is 17.3 Å². The number of carbonyl (C=O) groups excluding carboxylic acids is 1. The van der Waals surface area contributed by atoms with Crippen molar-refractivity contribution in [3.05, 3.63) is 58.4 Å². The monoisotopic (exact) mass is 426 g/mol. The first kappa shape index (κ1) is 22.1. The molecule has 3 N–H and O–H groups in total. The van der Waals surface area contributed by atoms with Gasteiger partial charge < -0.3 is 11.1 Å². The minimum absolute atomic E-state index is 0.00105. The molecule has 0 unspecified atom stereocenters. The summed E-state index contributed by atoms with van der Waals surface area (Å²) in [6, 6.07) is 5.22. The number of nitrogens with two attached hydrogens (primary N) is 1. The van der Waals surface area contributed by atoms with Crippen molar-refractivity contribution in [1.82, 2.24) is 4.98 Å². The van der Waals surface area contributed by atoms with Gasteiger partial charge in [-0.25, -0.2) is 13.8 Å². The van der Waals surface area contributed by atoms with Crippen molar-refractivity contribution in [2.45, 2.75) is 26.3 Å². The van der Waals surface area contributed by atoms with Gasteiger partial charge in [-0.3, -0.25) is 9.79 Å². The molecule has 0 aliphatic heterocycles. The summed E-state index contributed by atoms with van der Waals surface area (Å²) in [5, 5.41) is 3.15. The Balaban J connectivity index is 2.48. The van der Waals surface area contributed by atoms with Gasteiger partial charge in [-0.05, 0) is 37.3 Å². The molecule has 0 bridgehead atoms. The summed E-state index contributed by atoms with van der Waals surface area (Å²) >= 11 is 6.97. The molecule has 150 valence electrons. The molecular formula is C19H21ClF2N4OS. The van der Waals surface area contributed by atoms with Crippen molar-refractivity contribution in [2.75, 3.05) is 11.6 Å². The maximum atomic E-state index is 14.7. The van der Waals surface area contributed by atoms with Gasteiger partial charge in [0.1, 0.15) is 5.69 Å². The Morgan fingerprint density at radius 1 is 1.36 bits per heavy atom. The van der Waals surface area contributed by atoms with Crippen LogP contribution < -0.4 is 11.1 Å². The van der Waals surface area contributed by atoms with Gasteiger partial charge in [0.15, 0.2) is 16.8 Å². The average molecular weight is 427 g/mol. The van der Waals surface area contributed by atoms with E-state index in [1.807, 2.05) is 13.8 Å². The van der Waals surface area contributed by atoms with Crippen molar-refractivity contribution < 1.29 is 13.6 Å². The lowest BCUT2D eigenvalue weighted by Crippen LogP contribution is -2.31. The zero-order valence-corrected chi connectivity index (χ0v) is 17.5. The van der Waals surface area contributed by atoms with Gasteiger partial charge in [0.05, 0.1) is 10.6 Å². The van der Waals surface area contributed by atoms with Crippen LogP contribution in [-0.4, -0.2) is 22.3 Å². The number of hydrogen-bond acceptors (Lipinski definition) is 4. The molecule has 1 amide bonds. The Bertz CT molecular complexity index is 906. The smallest absolute Gasteiger partial charge is 0.274 e. The molecule has 5 nitrogen and oxygen atoms in total. The van der Waals surface area contributed by atoms with E-state index in [9.17, 15) is 13.6 Å². The third-order valence-electron chi connectivity index (χ3n) is 4.47. The summed E-state index contributed by atoms with van der Waals surface area (Å²) < 4.78 is 29.0. The van der Waals surface area contributed by atoms with Crippen LogP contribution in [0.5, 0.6) is 0 Å². The van der Waals surface area contributed by atoms with E-state index in [-0.39, 0.29) is 28.0 Å². The number of aromatic nitrogens is 1. The molecule has 28 heavy (non-hydrogen) atoms. The first-order chi connectivity index (χ1) is 13.1. The van der Waals surface area contributed by atoms with Crippen molar-refractivity contribution >= 4 is 40.1 Å². The number of nitrogens with one attached hydrogen (secondary N) is 1. The lowest BCUT2D eigenvalue weighted by molar-refractivity contribution is 0.102. The van der Waals surface area contributed by atoms with Crippen LogP contribution in [0.4, 0.5) is 14.5 Å². The third-order valence-corrected chi connectivity index (χ3v) is 5.20. The van der Waals surface area contributed by atoms with E-state index < -0.39 is 23.1 Å². The number of benzene rings is 1. The van der Waals surface area contributed by atoms with Gasteiger partial charge in [0.2, 0.25) is 0 Å². The van der Waals surface area contributed by atoms with Gasteiger partial charge in [-0.15, -0.1) is 0 Å². The second kappa shape index (κ2) is 8.87. The second-order valence-electron chi connectivity index (χ2n) is 6.59. The van der Waals surface area contributed by atoms with E-state index in [1.54, 1.807) is 13.2 Å². The highest BCUT2D eigenvalue weighted by Crippen LogP contribution is 2.38. The summed E-state index contributed by atoms with van der Waals surface area (Å²) in [4.78, 5) is 20.7. The molecule has 0 radical (unpaired) electrons. The van der Waals surface area contributed by atoms with Crippen molar-refractivity contribution in [3.8, 4) is 0 Å². The van der Waals surface area contributed by atoms with Gasteiger partial charge in [-0.1, -0.05) is 37.2 Å². The molecule has 0 aliphatic rings. The molecule has 9 heteroatoms. The molecule has 1 aromatic carbocycles. The zero-order chi connectivity index (χ0) is 21.1. The number of carbonyl (C=O) groups is 1. The van der Waals surface area contributed by atoms with Crippen LogP contribution >= 0.6 is 23.4 Å². The Hall–Kier alpha value is -2.19. The number of anilines is 1. The topological polar surface area (TPSA) is 80.4 Å². The Kier molecular flexibility index (Phi) is 7.01. The molecule has 1 heterocycles. The Labute approximate surface area is 171 Å². The molecule has 0 aliphatic carbocycles. The number of rotatable bonds is 5. The SMILES string of the molecule is CSC(N)=N[C@](C)(c1cc(NC(=O)c2ccc(Cl)cn2)cc(F)c1F)C(C)C. The largest absolute Gasteiger partial charge is 0.379 e. The molecule has 0 saturated heterocycles. The van der Waals surface area contributed by atoms with E-state index >= 15 is 0 Å². The molecule has 0 saturated carbocycles. The number of amides is 1. The summed E-state index contributed by atoms with van der Waals surface area (Å²) in [5.41, 5.74) is 4.88. The van der Waals surface area contributed by atoms with E-state index in [1.165, 1.54) is 36.2 Å². The van der Waals surface area contributed by atoms with E-state index in [0.717, 1.165) is 6.07 Å². The second-order valence-corrected chi connectivity index (χ2v) is 7.85. The summed E-state index contributed by atoms with van der Waals surface area (Å²) in [6.07, 6.45) is 3.06. The lowest BCUT2D eigenvalue weighted by Gasteiger charge is -2.31. The fourth-order valence-corrected chi connectivity index (χ4v) is 2.90. The summed E-state index contributed by atoms with van der Waals surface area (Å²) in [5.74, 6) is -2.90. The number of nitrogens with zero attached hydrogens (tertiary/aromatic N) is 2. The van der Waals surface area contributed by atoms with E-state index in [2.05, 4.69) is 15.3 Å². The number of amidine groups is 1. The van der Waals surface area contributed by atoms with Crippen molar-refractivity contribution in [1.29, 1.82) is 0 Å². The molecule has 2 aromatic rings. The van der Waals surface area contributed by atoms with Crippen molar-refractivity contribution in [2.24, 2.45) is 16.6 Å². The van der Waals surface area contributed by atoms with Crippen LogP contribution in [0.2, 0.25) is 5.02 Å². The van der Waals surface area contributed by atoms with Crippen molar-refractivity contribution in [3.63, 3.8) is 0 Å². The molecule has 1 atom stereocenters. The maximum Gasteiger partial charge on any atom is 0.274 e. The number of hydrogen-bond donors (Lipinski definition) is 2. The van der Waals surface area contributed by atoms with Crippen LogP contribution in [0, 0.1) is 17.6 Å². The molecule has 0 spiro atoms. The Morgan fingerprint density at radius 3 is 2.57 bits per heavy atom. The molecule has 1 aromatic heterocycles. The number of pyridine rings is 1. The van der Waals surface area contributed by atoms with Gasteiger partial charge >= 0.3 is 0 Å². The number of aliphatic imine (C=N–C) groups is 1. The normalized spacial score (nSPS) is 14.1. The van der Waals surface area contributed by atoms with Crippen LogP contribution in [0.25, 0.3) is 0 Å². The fourth-order valence-electron chi connectivity index (χ4n) is 2.51. The van der Waals surface area contributed by atoms with Crippen LogP contribution in [0.1, 0.15) is 36.8 Å². The first-order valence-corrected chi connectivity index (χ1v) is 10.0. The lowest BCUT2D eigenvalue weighted by atomic mass is 9.81. The fraction of sp³-hybridized carbons (Fsp3) is 0.316. The van der Waals surface area contributed by atoms with Crippen LogP contribution in [0.3, 0.4) is 0 Å². The predicted octanol–water partition coefficient (Wildman–Crippen LogP) is 4.81. The minimum atomic E-state index is -1.13. The quantitative estimate of drug-likeness (QED) is 0.530. The standard InChI is InChI=1S/C19H21ClF2N4OS/c1-10(2)19(3,26-18(23)28-4)13-7-12(8-14(21)16(13)22)25-17(27)15-6-5-11(20)9-24-15/h5-10H,1-4H3,(H2,23,26)(H,25,27)/t19-/m0/s1. The first-order valence-electron chi connectivity index (χ1n) is 8.40. The Morgan fingerprint density at radius 2 is 2.04 bits per heavy atom. The van der Waals surface area contributed by atoms with Gasteiger partial charge in [-0.2, -0.15) is 0 Å². The number of halogens is 3. The molecule has 2 rings (SSSR count). The zero-order valence-electron chi connectivity index (χ0n) is 15.9. The molecule has 0 fully saturated rings. The predicted molar refractivity (Wildman–Crippen MR) is 111 cm³/mol. The van der Waals surface area contributed by atoms with Gasteiger partial charge in [0, 0.05) is 23.5 Å². The highest BCUT2D eigenvalue weighted by Gasteiger charge is 2.35.